The zero-order chi connectivity index (χ0) is 11.3. The van der Waals surface area contributed by atoms with E-state index in [1.807, 2.05) is 13.8 Å². The fraction of sp³-hybridized carbons (Fsp3) is 0.467. The van der Waals surface area contributed by atoms with E-state index in [0.717, 1.165) is 0 Å². The Morgan fingerprint density at radius 1 is 1.07 bits per heavy atom. The molecule has 0 aromatic heterocycles. The topological polar surface area (TPSA) is 0 Å². The van der Waals surface area contributed by atoms with Gasteiger partial charge in [0.15, 0.2) is 0 Å². The Hall–Kier alpha value is -1.04. The maximum atomic E-state index is 2.26. The number of fused-ring (bicyclic) bond motifs is 1. The van der Waals surface area contributed by atoms with Crippen LogP contribution in [0.1, 0.15) is 51.7 Å². The predicted molar refractivity (Wildman–Crippen MR) is 69.0 cm³/mol. The van der Waals surface area contributed by atoms with Crippen LogP contribution in [0.5, 0.6) is 0 Å². The Balaban J connectivity index is 0.000000531. The fourth-order valence-electron chi connectivity index (χ4n) is 2.21. The molecule has 0 fully saturated rings. The zero-order valence-electron chi connectivity index (χ0n) is 10.4. The quantitative estimate of drug-likeness (QED) is 0.611. The van der Waals surface area contributed by atoms with Gasteiger partial charge in [-0.3, -0.25) is 0 Å². The van der Waals surface area contributed by atoms with Gasteiger partial charge in [-0.1, -0.05) is 50.6 Å². The lowest BCUT2D eigenvalue weighted by molar-refractivity contribution is 0.864. The second-order valence-electron chi connectivity index (χ2n) is 3.74. The van der Waals surface area contributed by atoms with Crippen LogP contribution in [0.3, 0.4) is 0 Å². The molecule has 0 unspecified atom stereocenters. The first-order valence-corrected chi connectivity index (χ1v) is 6.10. The standard InChI is InChI=1S/C13H16.C2H6/c1-3-11-8-9-12-6-4-5-7-13(12)10(11)2;1-2/h4-7H,3,8-9H2,1-2H3;1-2H3. The summed E-state index contributed by atoms with van der Waals surface area (Å²) in [6, 6.07) is 8.79. The van der Waals surface area contributed by atoms with E-state index in [1.165, 1.54) is 36.0 Å². The normalized spacial score (nSPS) is 14.1. The highest BCUT2D eigenvalue weighted by Crippen LogP contribution is 2.31. The van der Waals surface area contributed by atoms with Gasteiger partial charge in [0, 0.05) is 0 Å². The van der Waals surface area contributed by atoms with E-state index in [2.05, 4.69) is 38.1 Å². The lowest BCUT2D eigenvalue weighted by atomic mass is 9.85. The van der Waals surface area contributed by atoms with Gasteiger partial charge in [-0.25, -0.2) is 0 Å². The summed E-state index contributed by atoms with van der Waals surface area (Å²) in [5.74, 6) is 0. The number of allylic oxidation sites excluding steroid dienone is 2. The number of benzene rings is 1. The molecule has 2 rings (SSSR count). The minimum atomic E-state index is 1.21. The second kappa shape index (κ2) is 5.75. The van der Waals surface area contributed by atoms with E-state index in [1.54, 1.807) is 5.57 Å². The highest BCUT2D eigenvalue weighted by molar-refractivity contribution is 5.71. The van der Waals surface area contributed by atoms with Gasteiger partial charge < -0.3 is 0 Å². The van der Waals surface area contributed by atoms with Crippen molar-refractivity contribution in [2.24, 2.45) is 0 Å². The number of rotatable bonds is 1. The van der Waals surface area contributed by atoms with Gasteiger partial charge in [0.1, 0.15) is 0 Å². The molecule has 0 heterocycles. The summed E-state index contributed by atoms with van der Waals surface area (Å²) >= 11 is 0. The summed E-state index contributed by atoms with van der Waals surface area (Å²) in [5.41, 5.74) is 6.16. The van der Waals surface area contributed by atoms with Gasteiger partial charge >= 0.3 is 0 Å². The molecule has 1 aliphatic rings. The first kappa shape index (κ1) is 12.0. The van der Waals surface area contributed by atoms with Crippen LogP contribution < -0.4 is 0 Å². The van der Waals surface area contributed by atoms with Gasteiger partial charge in [0.25, 0.3) is 0 Å². The van der Waals surface area contributed by atoms with Gasteiger partial charge in [0.2, 0.25) is 0 Å². The molecule has 0 heteroatoms. The molecular weight excluding hydrogens is 180 g/mol. The van der Waals surface area contributed by atoms with Crippen molar-refractivity contribution in [1.82, 2.24) is 0 Å². The summed E-state index contributed by atoms with van der Waals surface area (Å²) in [6.07, 6.45) is 3.70. The summed E-state index contributed by atoms with van der Waals surface area (Å²) in [6.45, 7) is 8.52. The summed E-state index contributed by atoms with van der Waals surface area (Å²) in [7, 11) is 0. The molecule has 0 nitrogen and oxygen atoms in total. The smallest absolute Gasteiger partial charge is 0.0196 e. The van der Waals surface area contributed by atoms with Gasteiger partial charge in [-0.2, -0.15) is 0 Å². The van der Waals surface area contributed by atoms with E-state index in [4.69, 9.17) is 0 Å². The first-order chi connectivity index (χ1) is 7.33. The van der Waals surface area contributed by atoms with Crippen molar-refractivity contribution in [2.75, 3.05) is 0 Å². The van der Waals surface area contributed by atoms with Crippen LogP contribution in [0.25, 0.3) is 5.57 Å². The fourth-order valence-corrected chi connectivity index (χ4v) is 2.21. The van der Waals surface area contributed by atoms with Gasteiger partial charge in [-0.15, -0.1) is 0 Å². The van der Waals surface area contributed by atoms with Crippen molar-refractivity contribution in [2.45, 2.75) is 47.0 Å². The van der Waals surface area contributed by atoms with Crippen LogP contribution in [0.4, 0.5) is 0 Å². The van der Waals surface area contributed by atoms with E-state index in [0.29, 0.717) is 0 Å². The Kier molecular flexibility index (Phi) is 4.61. The van der Waals surface area contributed by atoms with Gasteiger partial charge in [-0.05, 0) is 42.9 Å². The van der Waals surface area contributed by atoms with Crippen LogP contribution in [0, 0.1) is 0 Å². The second-order valence-corrected chi connectivity index (χ2v) is 3.74. The third-order valence-electron chi connectivity index (χ3n) is 3.07. The van der Waals surface area contributed by atoms with E-state index < -0.39 is 0 Å². The third kappa shape index (κ3) is 2.50. The van der Waals surface area contributed by atoms with Crippen molar-refractivity contribution in [1.29, 1.82) is 0 Å². The molecule has 0 aliphatic heterocycles. The van der Waals surface area contributed by atoms with Crippen LogP contribution in [0.2, 0.25) is 0 Å². The molecule has 1 aliphatic carbocycles. The summed E-state index contributed by atoms with van der Waals surface area (Å²) < 4.78 is 0. The monoisotopic (exact) mass is 202 g/mol. The van der Waals surface area contributed by atoms with Crippen LogP contribution in [-0.2, 0) is 6.42 Å². The average Bonchev–Trinajstić information content (AvgIpc) is 2.33. The van der Waals surface area contributed by atoms with Crippen molar-refractivity contribution < 1.29 is 0 Å². The molecule has 0 spiro atoms. The molecule has 15 heavy (non-hydrogen) atoms. The highest BCUT2D eigenvalue weighted by Gasteiger charge is 2.13. The van der Waals surface area contributed by atoms with Gasteiger partial charge in [0.05, 0.1) is 0 Å². The molecule has 0 saturated heterocycles. The van der Waals surface area contributed by atoms with E-state index >= 15 is 0 Å². The van der Waals surface area contributed by atoms with E-state index in [-0.39, 0.29) is 0 Å². The average molecular weight is 202 g/mol. The molecular formula is C15H22. The lowest BCUT2D eigenvalue weighted by Crippen LogP contribution is -2.02. The molecule has 0 N–H and O–H groups in total. The Bertz CT molecular complexity index is 345. The third-order valence-corrected chi connectivity index (χ3v) is 3.07. The van der Waals surface area contributed by atoms with Crippen molar-refractivity contribution >= 4 is 5.57 Å². The van der Waals surface area contributed by atoms with E-state index in [9.17, 15) is 0 Å². The minimum Gasteiger partial charge on any atom is -0.0683 e. The maximum absolute atomic E-state index is 2.26. The maximum Gasteiger partial charge on any atom is -0.0196 e. The molecule has 82 valence electrons. The molecule has 0 amide bonds. The van der Waals surface area contributed by atoms with Crippen molar-refractivity contribution in [3.05, 3.63) is 41.0 Å². The molecule has 1 aromatic carbocycles. The molecule has 0 bridgehead atoms. The summed E-state index contributed by atoms with van der Waals surface area (Å²) in [5, 5.41) is 0. The molecule has 0 radical (unpaired) electrons. The largest absolute Gasteiger partial charge is 0.0683 e. The van der Waals surface area contributed by atoms with Crippen molar-refractivity contribution in [3.63, 3.8) is 0 Å². The van der Waals surface area contributed by atoms with Crippen LogP contribution >= 0.6 is 0 Å². The molecule has 0 saturated carbocycles. The lowest BCUT2D eigenvalue weighted by Gasteiger charge is -2.20. The Labute approximate surface area is 94.0 Å². The summed E-state index contributed by atoms with van der Waals surface area (Å²) in [4.78, 5) is 0. The number of hydrogen-bond donors (Lipinski definition) is 0. The number of aryl methyl sites for hydroxylation is 1. The Morgan fingerprint density at radius 2 is 1.73 bits per heavy atom. The minimum absolute atomic E-state index is 1.21. The first-order valence-electron chi connectivity index (χ1n) is 6.10. The Morgan fingerprint density at radius 3 is 2.40 bits per heavy atom. The molecule has 0 atom stereocenters. The molecule has 1 aromatic rings. The predicted octanol–water partition coefficient (Wildman–Crippen LogP) is 4.84. The highest BCUT2D eigenvalue weighted by atomic mass is 14.2. The number of hydrogen-bond acceptors (Lipinski definition) is 0. The van der Waals surface area contributed by atoms with Crippen molar-refractivity contribution in [3.8, 4) is 0 Å². The zero-order valence-corrected chi connectivity index (χ0v) is 10.4. The van der Waals surface area contributed by atoms with Crippen LogP contribution in [-0.4, -0.2) is 0 Å². The van der Waals surface area contributed by atoms with Crippen LogP contribution in [0.15, 0.2) is 29.8 Å². The SMILES string of the molecule is CC.CCC1=C(C)c2ccccc2CC1.